The van der Waals surface area contributed by atoms with Crippen molar-refractivity contribution in [3.05, 3.63) is 41.8 Å². The average Bonchev–Trinajstić information content (AvgIpc) is 2.65. The number of H-pyrrole nitrogens is 1. The van der Waals surface area contributed by atoms with Crippen molar-refractivity contribution in [3.63, 3.8) is 0 Å². The van der Waals surface area contributed by atoms with Crippen LogP contribution in [0.5, 0.6) is 0 Å². The van der Waals surface area contributed by atoms with E-state index in [4.69, 9.17) is 0 Å². The van der Waals surface area contributed by atoms with Gasteiger partial charge in [-0.3, -0.25) is 5.10 Å². The predicted molar refractivity (Wildman–Crippen MR) is 58.1 cm³/mol. The molecule has 0 aliphatic heterocycles. The first-order valence-corrected chi connectivity index (χ1v) is 4.97. The van der Waals surface area contributed by atoms with Gasteiger partial charge in [0.2, 0.25) is 0 Å². The molecule has 0 saturated carbocycles. The molecular formula is C12H13FN2. The van der Waals surface area contributed by atoms with Crippen molar-refractivity contribution >= 4 is 0 Å². The van der Waals surface area contributed by atoms with E-state index in [1.165, 1.54) is 12.1 Å². The number of nitrogens with zero attached hydrogens (tertiary/aromatic N) is 1. The molecule has 0 saturated heterocycles. The predicted octanol–water partition coefficient (Wildman–Crippen LogP) is 3.34. The maximum Gasteiger partial charge on any atom is 0.123 e. The largest absolute Gasteiger partial charge is 0.278 e. The lowest BCUT2D eigenvalue weighted by molar-refractivity contribution is 0.628. The molecule has 2 rings (SSSR count). The summed E-state index contributed by atoms with van der Waals surface area (Å²) in [6, 6.07) is 6.53. The van der Waals surface area contributed by atoms with E-state index in [9.17, 15) is 4.39 Å². The Kier molecular flexibility index (Phi) is 2.54. The zero-order valence-electron chi connectivity index (χ0n) is 8.79. The molecule has 0 fully saturated rings. The molecule has 1 N–H and O–H groups in total. The fraction of sp³-hybridized carbons (Fsp3) is 0.250. The Bertz CT molecular complexity index is 460. The van der Waals surface area contributed by atoms with Crippen LogP contribution in [0, 0.1) is 5.82 Å². The molecule has 0 aliphatic carbocycles. The van der Waals surface area contributed by atoms with Crippen molar-refractivity contribution in [3.8, 4) is 11.3 Å². The normalized spacial score (nSPS) is 10.9. The topological polar surface area (TPSA) is 28.7 Å². The van der Waals surface area contributed by atoms with Crippen molar-refractivity contribution in [2.75, 3.05) is 0 Å². The zero-order chi connectivity index (χ0) is 10.8. The van der Waals surface area contributed by atoms with Crippen LogP contribution in [0.25, 0.3) is 11.3 Å². The molecule has 0 atom stereocenters. The average molecular weight is 204 g/mol. The minimum Gasteiger partial charge on any atom is -0.278 e. The molecule has 1 heterocycles. The van der Waals surface area contributed by atoms with E-state index in [0.29, 0.717) is 5.92 Å². The minimum absolute atomic E-state index is 0.225. The molecule has 0 unspecified atom stereocenters. The van der Waals surface area contributed by atoms with Gasteiger partial charge in [0.05, 0.1) is 11.9 Å². The monoisotopic (exact) mass is 204 g/mol. The highest BCUT2D eigenvalue weighted by Crippen LogP contribution is 2.26. The van der Waals surface area contributed by atoms with E-state index >= 15 is 0 Å². The molecule has 0 radical (unpaired) electrons. The first-order valence-electron chi connectivity index (χ1n) is 4.97. The lowest BCUT2D eigenvalue weighted by Gasteiger charge is -2.05. The Balaban J connectivity index is 2.49. The molecule has 2 aromatic rings. The summed E-state index contributed by atoms with van der Waals surface area (Å²) in [5, 5.41) is 6.92. The molecule has 1 aromatic heterocycles. The number of hydrogen-bond acceptors (Lipinski definition) is 1. The van der Waals surface area contributed by atoms with Crippen molar-refractivity contribution in [2.45, 2.75) is 19.8 Å². The Morgan fingerprint density at radius 3 is 2.80 bits per heavy atom. The minimum atomic E-state index is -0.225. The zero-order valence-corrected chi connectivity index (χ0v) is 8.79. The highest BCUT2D eigenvalue weighted by Gasteiger charge is 2.10. The molecule has 3 heteroatoms. The number of halogens is 1. The third-order valence-electron chi connectivity index (χ3n) is 2.40. The summed E-state index contributed by atoms with van der Waals surface area (Å²) >= 11 is 0. The number of benzene rings is 1. The second-order valence-corrected chi connectivity index (χ2v) is 3.87. The van der Waals surface area contributed by atoms with E-state index in [1.54, 1.807) is 12.3 Å². The van der Waals surface area contributed by atoms with Gasteiger partial charge < -0.3 is 0 Å². The van der Waals surface area contributed by atoms with Crippen molar-refractivity contribution in [2.24, 2.45) is 0 Å². The van der Waals surface area contributed by atoms with E-state index in [0.717, 1.165) is 16.8 Å². The first kappa shape index (κ1) is 9.90. The van der Waals surface area contributed by atoms with Crippen LogP contribution in [-0.2, 0) is 0 Å². The number of nitrogens with one attached hydrogen (secondary N) is 1. The van der Waals surface area contributed by atoms with E-state index in [-0.39, 0.29) is 5.82 Å². The van der Waals surface area contributed by atoms with Crippen molar-refractivity contribution in [1.29, 1.82) is 0 Å². The van der Waals surface area contributed by atoms with Crippen molar-refractivity contribution in [1.82, 2.24) is 10.2 Å². The summed E-state index contributed by atoms with van der Waals surface area (Å²) in [6.07, 6.45) is 1.80. The first-order chi connectivity index (χ1) is 7.18. The lowest BCUT2D eigenvalue weighted by Crippen LogP contribution is -1.89. The van der Waals surface area contributed by atoms with E-state index in [2.05, 4.69) is 24.0 Å². The van der Waals surface area contributed by atoms with Crippen LogP contribution in [0.15, 0.2) is 30.5 Å². The second kappa shape index (κ2) is 3.85. The summed E-state index contributed by atoms with van der Waals surface area (Å²) in [7, 11) is 0. The van der Waals surface area contributed by atoms with Gasteiger partial charge in [0.25, 0.3) is 0 Å². The maximum atomic E-state index is 13.1. The van der Waals surface area contributed by atoms with Gasteiger partial charge in [0.15, 0.2) is 0 Å². The summed E-state index contributed by atoms with van der Waals surface area (Å²) in [4.78, 5) is 0. The Morgan fingerprint density at radius 2 is 2.13 bits per heavy atom. The molecule has 2 nitrogen and oxygen atoms in total. The van der Waals surface area contributed by atoms with Gasteiger partial charge in [-0.2, -0.15) is 5.10 Å². The molecule has 0 amide bonds. The lowest BCUT2D eigenvalue weighted by atomic mass is 10.00. The third kappa shape index (κ3) is 1.91. The van der Waals surface area contributed by atoms with Crippen LogP contribution in [0.1, 0.15) is 25.3 Å². The molecule has 1 aromatic carbocycles. The molecular weight excluding hydrogens is 191 g/mol. The molecule has 78 valence electrons. The Hall–Kier alpha value is -1.64. The summed E-state index contributed by atoms with van der Waals surface area (Å²) < 4.78 is 13.1. The number of aromatic nitrogens is 2. The molecule has 0 bridgehead atoms. The van der Waals surface area contributed by atoms with E-state index in [1.807, 2.05) is 6.07 Å². The molecule has 0 aliphatic rings. The SMILES string of the molecule is CC(C)c1cn[nH]c1-c1cccc(F)c1. The van der Waals surface area contributed by atoms with Crippen LogP contribution >= 0.6 is 0 Å². The van der Waals surface area contributed by atoms with Gasteiger partial charge in [-0.15, -0.1) is 0 Å². The van der Waals surface area contributed by atoms with Gasteiger partial charge in [0, 0.05) is 11.1 Å². The second-order valence-electron chi connectivity index (χ2n) is 3.87. The number of aromatic amines is 1. The van der Waals surface area contributed by atoms with Gasteiger partial charge in [0.1, 0.15) is 5.82 Å². The van der Waals surface area contributed by atoms with Crippen LogP contribution in [0.2, 0.25) is 0 Å². The standard InChI is InChI=1S/C12H13FN2/c1-8(2)11-7-14-15-12(11)9-4-3-5-10(13)6-9/h3-8H,1-2H3,(H,14,15). The quantitative estimate of drug-likeness (QED) is 0.798. The van der Waals surface area contributed by atoms with Crippen molar-refractivity contribution < 1.29 is 4.39 Å². The fourth-order valence-corrected chi connectivity index (χ4v) is 1.61. The summed E-state index contributed by atoms with van der Waals surface area (Å²) in [5.41, 5.74) is 2.86. The Morgan fingerprint density at radius 1 is 1.33 bits per heavy atom. The van der Waals surface area contributed by atoms with Crippen LogP contribution in [-0.4, -0.2) is 10.2 Å². The smallest absolute Gasteiger partial charge is 0.123 e. The highest BCUT2D eigenvalue weighted by molar-refractivity contribution is 5.63. The number of hydrogen-bond donors (Lipinski definition) is 1. The number of rotatable bonds is 2. The van der Waals surface area contributed by atoms with Gasteiger partial charge in [-0.1, -0.05) is 26.0 Å². The van der Waals surface area contributed by atoms with E-state index < -0.39 is 0 Å². The van der Waals surface area contributed by atoms with Crippen LogP contribution in [0.4, 0.5) is 4.39 Å². The maximum absolute atomic E-state index is 13.1. The molecule has 15 heavy (non-hydrogen) atoms. The van der Waals surface area contributed by atoms with Gasteiger partial charge in [-0.05, 0) is 18.1 Å². The van der Waals surface area contributed by atoms with Crippen LogP contribution < -0.4 is 0 Å². The fourth-order valence-electron chi connectivity index (χ4n) is 1.61. The third-order valence-corrected chi connectivity index (χ3v) is 2.40. The summed E-state index contributed by atoms with van der Waals surface area (Å²) in [5.74, 6) is 0.152. The summed E-state index contributed by atoms with van der Waals surface area (Å²) in [6.45, 7) is 4.18. The van der Waals surface area contributed by atoms with Gasteiger partial charge in [-0.25, -0.2) is 4.39 Å². The Labute approximate surface area is 88.1 Å². The van der Waals surface area contributed by atoms with Crippen LogP contribution in [0.3, 0.4) is 0 Å². The van der Waals surface area contributed by atoms with Gasteiger partial charge >= 0.3 is 0 Å². The molecule has 0 spiro atoms. The highest BCUT2D eigenvalue weighted by atomic mass is 19.1.